The molecule has 1 aromatic heterocycles. The van der Waals surface area contributed by atoms with Crippen LogP contribution in [0, 0.1) is 13.8 Å². The van der Waals surface area contributed by atoms with Crippen molar-refractivity contribution in [1.82, 2.24) is 20.2 Å². The molecule has 0 amide bonds. The Bertz CT molecular complexity index is 923. The first kappa shape index (κ1) is 18.0. The highest BCUT2D eigenvalue weighted by atomic mass is 15.2. The van der Waals surface area contributed by atoms with Gasteiger partial charge in [0, 0.05) is 13.6 Å². The van der Waals surface area contributed by atoms with E-state index < -0.39 is 0 Å². The summed E-state index contributed by atoms with van der Waals surface area (Å²) in [7, 11) is 2.05. The van der Waals surface area contributed by atoms with Crippen molar-refractivity contribution in [3.05, 3.63) is 65.0 Å². The Balaban J connectivity index is 1.72. The Morgan fingerprint density at radius 1 is 1.12 bits per heavy atom. The number of fused-ring (bicyclic) bond motifs is 1. The molecule has 0 saturated heterocycles. The molecule has 0 bridgehead atoms. The predicted molar refractivity (Wildman–Crippen MR) is 108 cm³/mol. The van der Waals surface area contributed by atoms with Gasteiger partial charge in [-0.05, 0) is 44.0 Å². The van der Waals surface area contributed by atoms with E-state index in [4.69, 9.17) is 9.98 Å². The van der Waals surface area contributed by atoms with Crippen molar-refractivity contribution in [3.63, 3.8) is 0 Å². The number of imidazole rings is 1. The van der Waals surface area contributed by atoms with Gasteiger partial charge in [0.1, 0.15) is 5.82 Å². The van der Waals surface area contributed by atoms with Gasteiger partial charge in [0.05, 0.1) is 24.1 Å². The molecule has 0 aliphatic heterocycles. The van der Waals surface area contributed by atoms with Crippen LogP contribution >= 0.6 is 0 Å². The number of para-hydroxylation sites is 2. The van der Waals surface area contributed by atoms with Crippen molar-refractivity contribution in [3.8, 4) is 0 Å². The number of hydrogen-bond donors (Lipinski definition) is 2. The number of rotatable bonds is 5. The van der Waals surface area contributed by atoms with Crippen LogP contribution < -0.4 is 10.6 Å². The van der Waals surface area contributed by atoms with Crippen LogP contribution in [-0.2, 0) is 20.1 Å². The molecule has 0 aliphatic carbocycles. The summed E-state index contributed by atoms with van der Waals surface area (Å²) in [5.41, 5.74) is 5.96. The van der Waals surface area contributed by atoms with Crippen LogP contribution in [0.2, 0.25) is 0 Å². The van der Waals surface area contributed by atoms with Crippen molar-refractivity contribution < 1.29 is 0 Å². The fourth-order valence-electron chi connectivity index (χ4n) is 3.05. The van der Waals surface area contributed by atoms with Gasteiger partial charge in [-0.2, -0.15) is 0 Å². The van der Waals surface area contributed by atoms with Gasteiger partial charge < -0.3 is 15.2 Å². The van der Waals surface area contributed by atoms with E-state index in [9.17, 15) is 0 Å². The molecule has 5 heteroatoms. The number of nitrogens with zero attached hydrogens (tertiary/aromatic N) is 3. The summed E-state index contributed by atoms with van der Waals surface area (Å²) in [5, 5.41) is 6.70. The molecule has 1 heterocycles. The van der Waals surface area contributed by atoms with E-state index in [0.717, 1.165) is 29.4 Å². The zero-order valence-electron chi connectivity index (χ0n) is 16.0. The molecule has 2 aromatic carbocycles. The number of hydrogen-bond acceptors (Lipinski definition) is 2. The van der Waals surface area contributed by atoms with Crippen LogP contribution in [0.5, 0.6) is 0 Å². The number of guanidine groups is 1. The molecule has 0 fully saturated rings. The normalized spacial score (nSPS) is 11.8. The topological polar surface area (TPSA) is 54.2 Å². The molecule has 0 spiro atoms. The maximum atomic E-state index is 4.73. The van der Waals surface area contributed by atoms with Crippen LogP contribution in [-0.4, -0.2) is 22.1 Å². The molecule has 136 valence electrons. The lowest BCUT2D eigenvalue weighted by Crippen LogP contribution is -2.37. The molecule has 0 aliphatic rings. The van der Waals surface area contributed by atoms with Gasteiger partial charge in [0.15, 0.2) is 5.96 Å². The molecular formula is C21H27N5. The average molecular weight is 349 g/mol. The Kier molecular flexibility index (Phi) is 5.56. The largest absolute Gasteiger partial charge is 0.357 e. The molecule has 2 N–H and O–H groups in total. The van der Waals surface area contributed by atoms with Gasteiger partial charge >= 0.3 is 0 Å². The van der Waals surface area contributed by atoms with Crippen molar-refractivity contribution in [2.24, 2.45) is 12.0 Å². The summed E-state index contributed by atoms with van der Waals surface area (Å²) in [6.07, 6.45) is 0. The predicted octanol–water partition coefficient (Wildman–Crippen LogP) is 3.45. The van der Waals surface area contributed by atoms with Gasteiger partial charge in [-0.15, -0.1) is 0 Å². The third-order valence-corrected chi connectivity index (χ3v) is 4.54. The third kappa shape index (κ3) is 4.04. The molecule has 0 radical (unpaired) electrons. The van der Waals surface area contributed by atoms with E-state index in [1.807, 2.05) is 25.2 Å². The minimum absolute atomic E-state index is 0.629. The maximum absolute atomic E-state index is 4.73. The van der Waals surface area contributed by atoms with E-state index in [1.54, 1.807) is 0 Å². The van der Waals surface area contributed by atoms with Crippen LogP contribution in [0.15, 0.2) is 47.5 Å². The Hall–Kier alpha value is -2.82. The zero-order valence-corrected chi connectivity index (χ0v) is 16.0. The first-order valence-corrected chi connectivity index (χ1v) is 9.07. The first-order valence-electron chi connectivity index (χ1n) is 9.07. The lowest BCUT2D eigenvalue weighted by atomic mass is 10.1. The molecule has 3 rings (SSSR count). The van der Waals surface area contributed by atoms with E-state index in [0.29, 0.717) is 13.1 Å². The maximum Gasteiger partial charge on any atom is 0.191 e. The number of aromatic nitrogens is 2. The van der Waals surface area contributed by atoms with E-state index in [1.165, 1.54) is 16.7 Å². The second-order valence-electron chi connectivity index (χ2n) is 6.55. The van der Waals surface area contributed by atoms with Crippen LogP contribution in [0.25, 0.3) is 11.0 Å². The van der Waals surface area contributed by atoms with E-state index in [2.05, 4.69) is 60.2 Å². The lowest BCUT2D eigenvalue weighted by molar-refractivity contribution is 0.738. The Morgan fingerprint density at radius 2 is 1.92 bits per heavy atom. The van der Waals surface area contributed by atoms with Crippen LogP contribution in [0.4, 0.5) is 0 Å². The fourth-order valence-corrected chi connectivity index (χ4v) is 3.05. The fraction of sp³-hybridized carbons (Fsp3) is 0.333. The Labute approximate surface area is 155 Å². The molecule has 0 saturated carbocycles. The smallest absolute Gasteiger partial charge is 0.191 e. The number of benzene rings is 2. The van der Waals surface area contributed by atoms with Crippen molar-refractivity contribution in [2.45, 2.75) is 33.9 Å². The second-order valence-corrected chi connectivity index (χ2v) is 6.55. The first-order chi connectivity index (χ1) is 12.6. The summed E-state index contributed by atoms with van der Waals surface area (Å²) in [6, 6.07) is 14.7. The van der Waals surface area contributed by atoms with Gasteiger partial charge in [-0.3, -0.25) is 0 Å². The molecule has 26 heavy (non-hydrogen) atoms. The van der Waals surface area contributed by atoms with Crippen molar-refractivity contribution in [2.75, 3.05) is 6.54 Å². The lowest BCUT2D eigenvalue weighted by Gasteiger charge is -2.12. The van der Waals surface area contributed by atoms with Crippen molar-refractivity contribution in [1.29, 1.82) is 0 Å². The minimum atomic E-state index is 0.629. The zero-order chi connectivity index (χ0) is 18.5. The highest BCUT2D eigenvalue weighted by molar-refractivity contribution is 5.80. The van der Waals surface area contributed by atoms with Gasteiger partial charge in [0.2, 0.25) is 0 Å². The van der Waals surface area contributed by atoms with E-state index >= 15 is 0 Å². The Morgan fingerprint density at radius 3 is 2.65 bits per heavy atom. The third-order valence-electron chi connectivity index (χ3n) is 4.54. The standard InChI is InChI=1S/C21H27N5/c1-5-22-21(23-13-17-11-10-15(2)12-16(17)3)24-14-20-25-18-8-6-7-9-19(18)26(20)4/h6-12H,5,13-14H2,1-4H3,(H2,22,23,24). The summed E-state index contributed by atoms with van der Waals surface area (Å²) in [4.78, 5) is 9.43. The van der Waals surface area contributed by atoms with Crippen molar-refractivity contribution >= 4 is 17.0 Å². The minimum Gasteiger partial charge on any atom is -0.357 e. The summed E-state index contributed by atoms with van der Waals surface area (Å²) < 4.78 is 2.12. The molecule has 5 nitrogen and oxygen atoms in total. The highest BCUT2D eigenvalue weighted by Gasteiger charge is 2.08. The van der Waals surface area contributed by atoms with E-state index in [-0.39, 0.29) is 0 Å². The highest BCUT2D eigenvalue weighted by Crippen LogP contribution is 2.14. The quantitative estimate of drug-likeness (QED) is 0.548. The summed E-state index contributed by atoms with van der Waals surface area (Å²) >= 11 is 0. The van der Waals surface area contributed by atoms with Crippen LogP contribution in [0.1, 0.15) is 29.4 Å². The monoisotopic (exact) mass is 349 g/mol. The average Bonchev–Trinajstić information content (AvgIpc) is 2.95. The molecule has 0 atom stereocenters. The SMILES string of the molecule is CCNC(=NCc1ccc(C)cc1C)NCc1nc2ccccc2n1C. The van der Waals surface area contributed by atoms with Crippen LogP contribution in [0.3, 0.4) is 0 Å². The molecule has 0 unspecified atom stereocenters. The molecule has 3 aromatic rings. The van der Waals surface area contributed by atoms with Gasteiger partial charge in [0.25, 0.3) is 0 Å². The number of aliphatic imine (C=N–C) groups is 1. The molecular weight excluding hydrogens is 322 g/mol. The number of nitrogens with one attached hydrogen (secondary N) is 2. The second kappa shape index (κ2) is 8.04. The van der Waals surface area contributed by atoms with Gasteiger partial charge in [-0.25, -0.2) is 9.98 Å². The summed E-state index contributed by atoms with van der Waals surface area (Å²) in [5.74, 6) is 1.79. The van der Waals surface area contributed by atoms with Gasteiger partial charge in [-0.1, -0.05) is 35.9 Å². The summed E-state index contributed by atoms with van der Waals surface area (Å²) in [6.45, 7) is 8.43. The number of aryl methyl sites for hydroxylation is 3.